The minimum atomic E-state index is 0.776. The quantitative estimate of drug-likeness (QED) is 0.605. The first-order valence-electron chi connectivity index (χ1n) is 5.12. The third kappa shape index (κ3) is 1.34. The van der Waals surface area contributed by atoms with E-state index in [1.807, 2.05) is 36.5 Å². The van der Waals surface area contributed by atoms with Gasteiger partial charge in [-0.25, -0.2) is 0 Å². The van der Waals surface area contributed by atoms with Crippen LogP contribution >= 0.6 is 0 Å². The first kappa shape index (κ1) is 8.97. The number of fused-ring (bicyclic) bond motifs is 1. The Kier molecular flexibility index (Phi) is 1.90. The second kappa shape index (κ2) is 3.38. The van der Waals surface area contributed by atoms with Gasteiger partial charge in [-0.15, -0.1) is 0 Å². The van der Waals surface area contributed by atoms with E-state index in [0.717, 1.165) is 27.7 Å². The molecule has 0 aliphatic carbocycles. The van der Waals surface area contributed by atoms with Gasteiger partial charge in [-0.3, -0.25) is 5.10 Å². The van der Waals surface area contributed by atoms with Crippen LogP contribution in [0.5, 0.6) is 0 Å². The lowest BCUT2D eigenvalue weighted by atomic mass is 10.0. The first-order valence-corrected chi connectivity index (χ1v) is 5.12. The summed E-state index contributed by atoms with van der Waals surface area (Å²) in [4.78, 5) is 0. The Morgan fingerprint density at radius 3 is 2.81 bits per heavy atom. The molecule has 1 aromatic heterocycles. The molecule has 0 spiro atoms. The fourth-order valence-corrected chi connectivity index (χ4v) is 1.93. The lowest BCUT2D eigenvalue weighted by Crippen LogP contribution is -1.85. The summed E-state index contributed by atoms with van der Waals surface area (Å²) in [6.07, 6.45) is 1.84. The highest BCUT2D eigenvalue weighted by Gasteiger charge is 2.04. The van der Waals surface area contributed by atoms with Gasteiger partial charge in [0.1, 0.15) is 0 Å². The molecular weight excluding hydrogens is 198 g/mol. The molecule has 3 heteroatoms. The molecule has 0 aliphatic heterocycles. The molecule has 3 aromatic rings. The average Bonchev–Trinajstić information content (AvgIpc) is 2.76. The Morgan fingerprint density at radius 2 is 1.94 bits per heavy atom. The van der Waals surface area contributed by atoms with Gasteiger partial charge >= 0.3 is 0 Å². The van der Waals surface area contributed by atoms with Crippen LogP contribution in [0, 0.1) is 0 Å². The van der Waals surface area contributed by atoms with Crippen LogP contribution in [0.2, 0.25) is 0 Å². The Labute approximate surface area is 92.9 Å². The molecule has 3 N–H and O–H groups in total. The van der Waals surface area contributed by atoms with E-state index in [-0.39, 0.29) is 0 Å². The lowest BCUT2D eigenvalue weighted by Gasteiger charge is -2.03. The monoisotopic (exact) mass is 209 g/mol. The summed E-state index contributed by atoms with van der Waals surface area (Å²) in [5, 5.41) is 8.14. The number of hydrogen-bond acceptors (Lipinski definition) is 2. The number of rotatable bonds is 1. The highest BCUT2D eigenvalue weighted by molar-refractivity contribution is 5.94. The molecule has 0 amide bonds. The molecule has 0 unspecified atom stereocenters. The number of H-pyrrole nitrogens is 1. The highest BCUT2D eigenvalue weighted by Crippen LogP contribution is 2.28. The number of nitrogens with two attached hydrogens (primary N) is 1. The van der Waals surface area contributed by atoms with Crippen molar-refractivity contribution < 1.29 is 0 Å². The second-order valence-electron chi connectivity index (χ2n) is 3.76. The largest absolute Gasteiger partial charge is 0.399 e. The number of nitrogens with one attached hydrogen (secondary N) is 1. The van der Waals surface area contributed by atoms with Gasteiger partial charge in [0.05, 0.1) is 11.7 Å². The molecule has 0 saturated heterocycles. The number of hydrogen-bond donors (Lipinski definition) is 2. The SMILES string of the molecule is Nc1cccc(-c2cccc3[nH]ncc23)c1. The molecule has 0 radical (unpaired) electrons. The minimum absolute atomic E-state index is 0.776. The van der Waals surface area contributed by atoms with Crippen LogP contribution in [0.4, 0.5) is 5.69 Å². The molecule has 78 valence electrons. The molecule has 0 aliphatic rings. The molecule has 2 aromatic carbocycles. The van der Waals surface area contributed by atoms with Crippen molar-refractivity contribution in [2.45, 2.75) is 0 Å². The highest BCUT2D eigenvalue weighted by atomic mass is 15.1. The van der Waals surface area contributed by atoms with E-state index in [9.17, 15) is 0 Å². The average molecular weight is 209 g/mol. The maximum absolute atomic E-state index is 5.79. The predicted molar refractivity (Wildman–Crippen MR) is 65.9 cm³/mol. The van der Waals surface area contributed by atoms with Crippen LogP contribution in [-0.4, -0.2) is 10.2 Å². The van der Waals surface area contributed by atoms with Crippen LogP contribution < -0.4 is 5.73 Å². The smallest absolute Gasteiger partial charge is 0.0656 e. The summed E-state index contributed by atoms with van der Waals surface area (Å²) in [6.45, 7) is 0. The van der Waals surface area contributed by atoms with Crippen molar-refractivity contribution in [2.24, 2.45) is 0 Å². The maximum atomic E-state index is 5.79. The van der Waals surface area contributed by atoms with E-state index >= 15 is 0 Å². The number of nitrogen functional groups attached to an aromatic ring is 1. The minimum Gasteiger partial charge on any atom is -0.399 e. The number of nitrogens with zero attached hydrogens (tertiary/aromatic N) is 1. The summed E-state index contributed by atoms with van der Waals surface area (Å²) < 4.78 is 0. The zero-order valence-corrected chi connectivity index (χ0v) is 8.64. The molecule has 0 fully saturated rings. The zero-order chi connectivity index (χ0) is 11.0. The van der Waals surface area contributed by atoms with Crippen molar-refractivity contribution in [3.8, 4) is 11.1 Å². The van der Waals surface area contributed by atoms with Gasteiger partial charge in [0.15, 0.2) is 0 Å². The fourth-order valence-electron chi connectivity index (χ4n) is 1.93. The van der Waals surface area contributed by atoms with Crippen LogP contribution in [0.25, 0.3) is 22.0 Å². The van der Waals surface area contributed by atoms with Gasteiger partial charge in [-0.05, 0) is 29.3 Å². The van der Waals surface area contributed by atoms with Gasteiger partial charge in [0.2, 0.25) is 0 Å². The van der Waals surface area contributed by atoms with Crippen molar-refractivity contribution in [1.29, 1.82) is 0 Å². The van der Waals surface area contributed by atoms with Crippen LogP contribution in [-0.2, 0) is 0 Å². The molecule has 0 bridgehead atoms. The Bertz CT molecular complexity index is 640. The van der Waals surface area contributed by atoms with Crippen molar-refractivity contribution in [2.75, 3.05) is 5.73 Å². The topological polar surface area (TPSA) is 54.7 Å². The van der Waals surface area contributed by atoms with Crippen molar-refractivity contribution in [3.05, 3.63) is 48.7 Å². The number of benzene rings is 2. The summed E-state index contributed by atoms with van der Waals surface area (Å²) in [5.41, 5.74) is 9.88. The molecule has 0 saturated carbocycles. The van der Waals surface area contributed by atoms with Gasteiger partial charge in [-0.2, -0.15) is 5.10 Å². The van der Waals surface area contributed by atoms with Gasteiger partial charge in [0, 0.05) is 11.1 Å². The Morgan fingerprint density at radius 1 is 1.06 bits per heavy atom. The number of aromatic nitrogens is 2. The van der Waals surface area contributed by atoms with E-state index in [4.69, 9.17) is 5.73 Å². The fraction of sp³-hybridized carbons (Fsp3) is 0. The third-order valence-corrected chi connectivity index (χ3v) is 2.68. The van der Waals surface area contributed by atoms with E-state index in [0.29, 0.717) is 0 Å². The maximum Gasteiger partial charge on any atom is 0.0656 e. The van der Waals surface area contributed by atoms with Crippen molar-refractivity contribution in [1.82, 2.24) is 10.2 Å². The molecule has 0 atom stereocenters. The summed E-state index contributed by atoms with van der Waals surface area (Å²) in [5.74, 6) is 0. The predicted octanol–water partition coefficient (Wildman–Crippen LogP) is 2.81. The first-order chi connectivity index (χ1) is 7.84. The molecule has 1 heterocycles. The van der Waals surface area contributed by atoms with E-state index < -0.39 is 0 Å². The standard InChI is InChI=1S/C13H11N3/c14-10-4-1-3-9(7-10)11-5-2-6-13-12(11)8-15-16-13/h1-8H,14H2,(H,15,16). The molecule has 3 rings (SSSR count). The molecule has 3 nitrogen and oxygen atoms in total. The molecule has 16 heavy (non-hydrogen) atoms. The molecular formula is C13H11N3. The van der Waals surface area contributed by atoms with Crippen LogP contribution in [0.15, 0.2) is 48.7 Å². The van der Waals surface area contributed by atoms with E-state index in [1.165, 1.54) is 0 Å². The van der Waals surface area contributed by atoms with E-state index in [1.54, 1.807) is 0 Å². The summed E-state index contributed by atoms with van der Waals surface area (Å²) in [6, 6.07) is 14.0. The zero-order valence-electron chi connectivity index (χ0n) is 8.64. The third-order valence-electron chi connectivity index (χ3n) is 2.68. The Balaban J connectivity index is 2.29. The summed E-state index contributed by atoms with van der Waals surface area (Å²) in [7, 11) is 0. The number of aromatic amines is 1. The van der Waals surface area contributed by atoms with Gasteiger partial charge in [-0.1, -0.05) is 24.3 Å². The Hall–Kier alpha value is -2.29. The lowest BCUT2D eigenvalue weighted by molar-refractivity contribution is 1.12. The van der Waals surface area contributed by atoms with E-state index in [2.05, 4.69) is 22.3 Å². The summed E-state index contributed by atoms with van der Waals surface area (Å²) >= 11 is 0. The normalized spacial score (nSPS) is 10.8. The van der Waals surface area contributed by atoms with Crippen molar-refractivity contribution in [3.63, 3.8) is 0 Å². The van der Waals surface area contributed by atoms with Crippen LogP contribution in [0.3, 0.4) is 0 Å². The van der Waals surface area contributed by atoms with Crippen LogP contribution in [0.1, 0.15) is 0 Å². The van der Waals surface area contributed by atoms with Crippen molar-refractivity contribution >= 4 is 16.6 Å². The second-order valence-corrected chi connectivity index (χ2v) is 3.76. The van der Waals surface area contributed by atoms with Gasteiger partial charge < -0.3 is 5.73 Å². The van der Waals surface area contributed by atoms with Gasteiger partial charge in [0.25, 0.3) is 0 Å². The number of anilines is 1.